The van der Waals surface area contributed by atoms with Gasteiger partial charge in [0.1, 0.15) is 0 Å². The molecule has 2 unspecified atom stereocenters. The van der Waals surface area contributed by atoms with E-state index in [1.807, 2.05) is 0 Å². The second-order valence-electron chi connectivity index (χ2n) is 10.1. The highest BCUT2D eigenvalue weighted by Gasteiger charge is 2.15. The Labute approximate surface area is 235 Å². The highest BCUT2D eigenvalue weighted by Crippen LogP contribution is 2.28. The van der Waals surface area contributed by atoms with E-state index in [0.717, 1.165) is 48.3 Å². The first-order valence-electron chi connectivity index (χ1n) is 14.2. The molecule has 0 bridgehead atoms. The van der Waals surface area contributed by atoms with E-state index >= 15 is 0 Å². The van der Waals surface area contributed by atoms with Gasteiger partial charge in [-0.05, 0) is 79.3 Å². The van der Waals surface area contributed by atoms with E-state index in [1.54, 1.807) is 23.5 Å². The summed E-state index contributed by atoms with van der Waals surface area (Å²) in [6.45, 7) is 16.1. The topological polar surface area (TPSA) is 52.6 Å². The fourth-order valence-electron chi connectivity index (χ4n) is 4.38. The van der Waals surface area contributed by atoms with Crippen molar-refractivity contribution in [2.24, 2.45) is 11.8 Å². The zero-order chi connectivity index (χ0) is 27.6. The number of unbranched alkanes of at least 4 members (excludes halogenated alkanes) is 2. The first-order valence-corrected chi connectivity index (χ1v) is 16.6. The maximum absolute atomic E-state index is 12.3. The second kappa shape index (κ2) is 19.9. The average Bonchev–Trinajstić information content (AvgIpc) is 2.88. The molecule has 4 nitrogen and oxygen atoms in total. The molecular formula is C31H51O4S2. The van der Waals surface area contributed by atoms with Crippen LogP contribution in [0.25, 0.3) is 0 Å². The fourth-order valence-corrected chi connectivity index (χ4v) is 6.36. The molecule has 1 aromatic rings. The quantitative estimate of drug-likeness (QED) is 0.152. The Hall–Kier alpha value is -1.14. The largest absolute Gasteiger partial charge is 0.465 e. The Morgan fingerprint density at radius 1 is 0.730 bits per heavy atom. The van der Waals surface area contributed by atoms with Gasteiger partial charge >= 0.3 is 11.9 Å². The molecular weight excluding hydrogens is 500 g/mol. The molecule has 0 saturated heterocycles. The van der Waals surface area contributed by atoms with Crippen molar-refractivity contribution >= 4 is 35.5 Å². The van der Waals surface area contributed by atoms with Gasteiger partial charge in [-0.3, -0.25) is 9.59 Å². The summed E-state index contributed by atoms with van der Waals surface area (Å²) >= 11 is 3.21. The van der Waals surface area contributed by atoms with E-state index < -0.39 is 0 Å². The SMILES string of the molecule is CCCCC(CC)COC(=O)CSCc1c(C)[c]c(C)c(CSCC(=O)OCC(CC)CCCC)c1C. The smallest absolute Gasteiger partial charge is 0.315 e. The molecule has 1 radical (unpaired) electrons. The van der Waals surface area contributed by atoms with Gasteiger partial charge < -0.3 is 9.47 Å². The zero-order valence-electron chi connectivity index (χ0n) is 24.5. The van der Waals surface area contributed by atoms with Crippen molar-refractivity contribution < 1.29 is 19.1 Å². The number of aryl methyl sites for hydroxylation is 2. The van der Waals surface area contributed by atoms with Crippen LogP contribution in [-0.2, 0) is 30.6 Å². The van der Waals surface area contributed by atoms with Gasteiger partial charge in [-0.15, -0.1) is 23.5 Å². The normalized spacial score (nSPS) is 12.8. The molecule has 0 aliphatic carbocycles. The predicted octanol–water partition coefficient (Wildman–Crippen LogP) is 8.40. The Bertz CT molecular complexity index is 747. The Balaban J connectivity index is 2.55. The van der Waals surface area contributed by atoms with Gasteiger partial charge in [0.2, 0.25) is 0 Å². The molecule has 0 heterocycles. The van der Waals surface area contributed by atoms with E-state index in [0.29, 0.717) is 36.6 Å². The summed E-state index contributed by atoms with van der Waals surface area (Å²) in [5.74, 6) is 2.93. The van der Waals surface area contributed by atoms with E-state index in [-0.39, 0.29) is 11.9 Å². The third-order valence-electron chi connectivity index (χ3n) is 7.16. The summed E-state index contributed by atoms with van der Waals surface area (Å²) in [7, 11) is 0. The molecule has 2 atom stereocenters. The Morgan fingerprint density at radius 3 is 1.49 bits per heavy atom. The number of carbonyl (C=O) groups is 2. The minimum atomic E-state index is -0.124. The van der Waals surface area contributed by atoms with E-state index in [1.165, 1.54) is 42.4 Å². The summed E-state index contributed by atoms with van der Waals surface area (Å²) in [5.41, 5.74) is 5.97. The van der Waals surface area contributed by atoms with Crippen molar-refractivity contribution in [3.05, 3.63) is 33.9 Å². The molecule has 0 aliphatic rings. The molecule has 0 aliphatic heterocycles. The number of hydrogen-bond donors (Lipinski definition) is 0. The van der Waals surface area contributed by atoms with E-state index in [4.69, 9.17) is 9.47 Å². The summed E-state index contributed by atoms with van der Waals surface area (Å²) in [5, 5.41) is 0. The molecule has 37 heavy (non-hydrogen) atoms. The lowest BCUT2D eigenvalue weighted by Crippen LogP contribution is -2.15. The summed E-state index contributed by atoms with van der Waals surface area (Å²) in [6, 6.07) is 3.50. The maximum Gasteiger partial charge on any atom is 0.315 e. The van der Waals surface area contributed by atoms with Gasteiger partial charge in [0.05, 0.1) is 24.7 Å². The minimum Gasteiger partial charge on any atom is -0.465 e. The molecule has 1 aromatic carbocycles. The van der Waals surface area contributed by atoms with Crippen LogP contribution in [0.1, 0.15) is 107 Å². The molecule has 0 saturated carbocycles. The lowest BCUT2D eigenvalue weighted by Gasteiger charge is -2.18. The van der Waals surface area contributed by atoms with Gasteiger partial charge in [-0.25, -0.2) is 0 Å². The lowest BCUT2D eigenvalue weighted by molar-refractivity contribution is -0.142. The highest BCUT2D eigenvalue weighted by molar-refractivity contribution is 7.99. The van der Waals surface area contributed by atoms with Gasteiger partial charge in [0.25, 0.3) is 0 Å². The van der Waals surface area contributed by atoms with Crippen molar-refractivity contribution in [3.63, 3.8) is 0 Å². The molecule has 0 amide bonds. The Kier molecular flexibility index (Phi) is 18.2. The summed E-state index contributed by atoms with van der Waals surface area (Å²) in [6.07, 6.45) is 9.08. The number of benzene rings is 1. The first kappa shape index (κ1) is 33.9. The van der Waals surface area contributed by atoms with Crippen LogP contribution in [0.2, 0.25) is 0 Å². The van der Waals surface area contributed by atoms with Crippen LogP contribution >= 0.6 is 23.5 Å². The standard InChI is InChI=1S/C31H51O4S2/c1-8-12-14-26(10-3)17-34-30(32)21-36-19-28-23(5)16-24(6)29(25(28)7)20-37-22-31(33)35-18-27(11-4)15-13-9-2/h26-27H,8-15,17-22H2,1-7H3. The van der Waals surface area contributed by atoms with Gasteiger partial charge in [-0.1, -0.05) is 66.2 Å². The van der Waals surface area contributed by atoms with Crippen LogP contribution in [0.5, 0.6) is 0 Å². The number of ether oxygens (including phenoxy) is 2. The van der Waals surface area contributed by atoms with Crippen molar-refractivity contribution in [1.82, 2.24) is 0 Å². The highest BCUT2D eigenvalue weighted by atomic mass is 32.2. The maximum atomic E-state index is 12.3. The van der Waals surface area contributed by atoms with Crippen LogP contribution in [0.15, 0.2) is 0 Å². The van der Waals surface area contributed by atoms with Crippen LogP contribution in [0, 0.1) is 38.7 Å². The van der Waals surface area contributed by atoms with E-state index in [9.17, 15) is 9.59 Å². The third kappa shape index (κ3) is 13.5. The van der Waals surface area contributed by atoms with Crippen LogP contribution in [0.3, 0.4) is 0 Å². The van der Waals surface area contributed by atoms with Gasteiger partial charge in [-0.2, -0.15) is 0 Å². The number of thioether (sulfide) groups is 2. The Morgan fingerprint density at radius 2 is 1.14 bits per heavy atom. The number of rotatable bonds is 20. The molecule has 211 valence electrons. The zero-order valence-corrected chi connectivity index (χ0v) is 26.1. The molecule has 0 N–H and O–H groups in total. The first-order chi connectivity index (χ1) is 17.8. The molecule has 0 spiro atoms. The summed E-state index contributed by atoms with van der Waals surface area (Å²) < 4.78 is 11.1. The monoisotopic (exact) mass is 551 g/mol. The summed E-state index contributed by atoms with van der Waals surface area (Å²) in [4.78, 5) is 24.6. The van der Waals surface area contributed by atoms with Crippen molar-refractivity contribution in [1.29, 1.82) is 0 Å². The predicted molar refractivity (Wildman–Crippen MR) is 160 cm³/mol. The van der Waals surface area contributed by atoms with Gasteiger partial charge in [0.15, 0.2) is 0 Å². The van der Waals surface area contributed by atoms with Crippen LogP contribution < -0.4 is 0 Å². The van der Waals surface area contributed by atoms with Crippen molar-refractivity contribution in [2.45, 2.75) is 111 Å². The molecule has 0 aromatic heterocycles. The molecule has 6 heteroatoms. The number of carbonyl (C=O) groups excluding carboxylic acids is 2. The van der Waals surface area contributed by atoms with Crippen LogP contribution in [-0.4, -0.2) is 36.7 Å². The lowest BCUT2D eigenvalue weighted by atomic mass is 9.95. The van der Waals surface area contributed by atoms with Crippen molar-refractivity contribution in [3.8, 4) is 0 Å². The van der Waals surface area contributed by atoms with Crippen molar-refractivity contribution in [2.75, 3.05) is 24.7 Å². The number of esters is 2. The average molecular weight is 552 g/mol. The second-order valence-corrected chi connectivity index (χ2v) is 12.1. The fraction of sp³-hybridized carbons (Fsp3) is 0.742. The molecule has 0 fully saturated rings. The number of hydrogen-bond acceptors (Lipinski definition) is 6. The van der Waals surface area contributed by atoms with Gasteiger partial charge in [0, 0.05) is 11.5 Å². The third-order valence-corrected chi connectivity index (χ3v) is 9.03. The van der Waals surface area contributed by atoms with Crippen LogP contribution in [0.4, 0.5) is 0 Å². The minimum absolute atomic E-state index is 0.124. The molecule has 1 rings (SSSR count). The van der Waals surface area contributed by atoms with E-state index in [2.05, 4.69) is 54.5 Å².